The number of hydrogen-bond acceptors (Lipinski definition) is 4. The first kappa shape index (κ1) is 27.7. The molecule has 1 aromatic heterocycles. The monoisotopic (exact) mass is 607 g/mol. The zero-order valence-electron chi connectivity index (χ0n) is 25.9. The lowest BCUT2D eigenvalue weighted by Crippen LogP contribution is -2.21. The Morgan fingerprint density at radius 3 is 2.34 bits per heavy atom. The number of fused-ring (bicyclic) bond motifs is 4. The molecule has 4 aliphatic rings. The molecule has 0 saturated carbocycles. The van der Waals surface area contributed by atoms with Crippen LogP contribution in [0.3, 0.4) is 0 Å². The summed E-state index contributed by atoms with van der Waals surface area (Å²) in [5, 5.41) is 2.58. The molecule has 3 aliphatic carbocycles. The number of benzene rings is 4. The summed E-state index contributed by atoms with van der Waals surface area (Å²) in [6.45, 7) is 0. The second-order valence-electron chi connectivity index (χ2n) is 12.6. The first-order valence-corrected chi connectivity index (χ1v) is 16.5. The third-order valence-electron chi connectivity index (χ3n) is 9.76. The Kier molecular flexibility index (Phi) is 6.85. The number of ether oxygens (including phenoxy) is 1. The molecule has 226 valence electrons. The molecular weight excluding hydrogens is 574 g/mol. The summed E-state index contributed by atoms with van der Waals surface area (Å²) in [6.07, 6.45) is 23.4. The lowest BCUT2D eigenvalue weighted by atomic mass is 9.83. The molecule has 4 aromatic carbocycles. The number of nitrogens with zero attached hydrogens (tertiary/aromatic N) is 3. The van der Waals surface area contributed by atoms with E-state index in [2.05, 4.69) is 146 Å². The summed E-state index contributed by atoms with van der Waals surface area (Å²) in [5.74, 6) is 3.59. The van der Waals surface area contributed by atoms with Crippen molar-refractivity contribution in [1.29, 1.82) is 0 Å². The maximum Gasteiger partial charge on any atom is 0.163 e. The molecule has 0 radical (unpaired) electrons. The van der Waals surface area contributed by atoms with Gasteiger partial charge in [0.05, 0.1) is 5.92 Å². The summed E-state index contributed by atoms with van der Waals surface area (Å²) in [4.78, 5) is 15.5. The van der Waals surface area contributed by atoms with Crippen molar-refractivity contribution < 1.29 is 4.74 Å². The molecule has 9 rings (SSSR count). The van der Waals surface area contributed by atoms with Crippen molar-refractivity contribution in [2.75, 3.05) is 0 Å². The molecule has 0 amide bonds. The Hall–Kier alpha value is -5.61. The van der Waals surface area contributed by atoms with Gasteiger partial charge in [-0.05, 0) is 40.8 Å². The molecule has 2 heterocycles. The zero-order chi connectivity index (χ0) is 31.2. The Balaban J connectivity index is 1.10. The van der Waals surface area contributed by atoms with Gasteiger partial charge in [0.15, 0.2) is 11.6 Å². The minimum Gasteiger partial charge on any atom is -0.484 e. The van der Waals surface area contributed by atoms with E-state index >= 15 is 0 Å². The molecule has 4 nitrogen and oxygen atoms in total. The van der Waals surface area contributed by atoms with Crippen molar-refractivity contribution in [3.63, 3.8) is 0 Å². The number of aromatic nitrogens is 3. The number of hydrogen-bond donors (Lipinski definition) is 0. The van der Waals surface area contributed by atoms with Crippen molar-refractivity contribution in [1.82, 2.24) is 15.0 Å². The summed E-state index contributed by atoms with van der Waals surface area (Å²) < 4.78 is 6.68. The van der Waals surface area contributed by atoms with Crippen LogP contribution in [-0.4, -0.2) is 21.1 Å². The van der Waals surface area contributed by atoms with Crippen LogP contribution < -0.4 is 4.74 Å². The normalized spacial score (nSPS) is 22.4. The van der Waals surface area contributed by atoms with Gasteiger partial charge in [0.25, 0.3) is 0 Å². The summed E-state index contributed by atoms with van der Waals surface area (Å²) in [6, 6.07) is 32.2. The fourth-order valence-corrected chi connectivity index (χ4v) is 7.42. The van der Waals surface area contributed by atoms with Crippen molar-refractivity contribution in [3.8, 4) is 16.9 Å². The van der Waals surface area contributed by atoms with Gasteiger partial charge in [0, 0.05) is 34.1 Å². The van der Waals surface area contributed by atoms with Gasteiger partial charge >= 0.3 is 0 Å². The van der Waals surface area contributed by atoms with Gasteiger partial charge in [0.1, 0.15) is 17.7 Å². The van der Waals surface area contributed by atoms with E-state index in [1.54, 1.807) is 0 Å². The molecule has 0 N–H and O–H groups in total. The standard InChI is InChI=1S/C43H33N3O/c1-3-12-29(13-4-1)35-20-10-21-36-39-37(22-11-23-38(39)47-40(35)36)43-45-41(31-15-5-2-6-16-31)44-42(46-43)32-26-24-30(25-27-32)34-19-9-17-28-14-7-8-18-33(28)34/h1-15,17-24,26-27,30-31,38-39H,16,25H2. The van der Waals surface area contributed by atoms with E-state index in [4.69, 9.17) is 19.7 Å². The maximum atomic E-state index is 6.68. The average Bonchev–Trinajstić information content (AvgIpc) is 3.54. The average molecular weight is 608 g/mol. The van der Waals surface area contributed by atoms with Crippen LogP contribution in [-0.2, 0) is 0 Å². The second-order valence-corrected chi connectivity index (χ2v) is 12.6. The van der Waals surface area contributed by atoms with E-state index in [1.807, 2.05) is 6.07 Å². The molecule has 0 fully saturated rings. The minimum atomic E-state index is -0.119. The fraction of sp³-hybridized carbons (Fsp3) is 0.140. The molecule has 0 bridgehead atoms. The van der Waals surface area contributed by atoms with Crippen LogP contribution in [0.2, 0.25) is 0 Å². The molecule has 0 saturated heterocycles. The minimum absolute atomic E-state index is 0.00447. The van der Waals surface area contributed by atoms with Gasteiger partial charge in [-0.1, -0.05) is 146 Å². The van der Waals surface area contributed by atoms with Crippen LogP contribution in [0.1, 0.15) is 59.2 Å². The van der Waals surface area contributed by atoms with Crippen LogP contribution >= 0.6 is 0 Å². The Morgan fingerprint density at radius 1 is 0.638 bits per heavy atom. The summed E-state index contributed by atoms with van der Waals surface area (Å²) >= 11 is 0. The van der Waals surface area contributed by atoms with Crippen LogP contribution in [0.25, 0.3) is 33.0 Å². The Bertz CT molecular complexity index is 2200. The van der Waals surface area contributed by atoms with Crippen LogP contribution in [0, 0.1) is 0 Å². The van der Waals surface area contributed by atoms with Crippen LogP contribution in [0.5, 0.6) is 5.75 Å². The van der Waals surface area contributed by atoms with E-state index < -0.39 is 0 Å². The third-order valence-corrected chi connectivity index (χ3v) is 9.76. The molecular formula is C43H33N3O. The summed E-state index contributed by atoms with van der Waals surface area (Å²) in [7, 11) is 0. The van der Waals surface area contributed by atoms with E-state index in [0.717, 1.165) is 58.3 Å². The first-order chi connectivity index (χ1) is 23.3. The molecule has 47 heavy (non-hydrogen) atoms. The summed E-state index contributed by atoms with van der Waals surface area (Å²) in [5.41, 5.74) is 6.89. The van der Waals surface area contributed by atoms with Crippen LogP contribution in [0.4, 0.5) is 0 Å². The van der Waals surface area contributed by atoms with E-state index in [1.165, 1.54) is 21.9 Å². The van der Waals surface area contributed by atoms with Crippen LogP contribution in [0.15, 0.2) is 152 Å². The fourth-order valence-electron chi connectivity index (χ4n) is 7.42. The van der Waals surface area contributed by atoms with Gasteiger partial charge < -0.3 is 4.74 Å². The first-order valence-electron chi connectivity index (χ1n) is 16.5. The Labute approximate surface area is 274 Å². The highest BCUT2D eigenvalue weighted by Crippen LogP contribution is 2.51. The smallest absolute Gasteiger partial charge is 0.163 e. The van der Waals surface area contributed by atoms with E-state index in [0.29, 0.717) is 5.92 Å². The second kappa shape index (κ2) is 11.6. The number of rotatable bonds is 5. The van der Waals surface area contributed by atoms with Crippen molar-refractivity contribution in [2.24, 2.45) is 0 Å². The lowest BCUT2D eigenvalue weighted by Gasteiger charge is -2.23. The molecule has 0 spiro atoms. The van der Waals surface area contributed by atoms with E-state index in [9.17, 15) is 0 Å². The highest BCUT2D eigenvalue weighted by Gasteiger charge is 2.40. The predicted molar refractivity (Wildman–Crippen MR) is 190 cm³/mol. The SMILES string of the molecule is C1=CCC(c2nc(C3=CCC(c4cccc5ccccc45)C=C3)nc(C3=CC=CC4Oc5c(-c6ccccc6)cccc5C34)n2)C=C1. The highest BCUT2D eigenvalue weighted by molar-refractivity contribution is 5.87. The van der Waals surface area contributed by atoms with Gasteiger partial charge in [-0.15, -0.1) is 0 Å². The van der Waals surface area contributed by atoms with E-state index in [-0.39, 0.29) is 17.9 Å². The number of para-hydroxylation sites is 1. The molecule has 4 unspecified atom stereocenters. The molecule has 4 atom stereocenters. The zero-order valence-corrected chi connectivity index (χ0v) is 25.9. The van der Waals surface area contributed by atoms with Crippen molar-refractivity contribution in [2.45, 2.75) is 36.7 Å². The van der Waals surface area contributed by atoms with Crippen molar-refractivity contribution in [3.05, 3.63) is 180 Å². The third kappa shape index (κ3) is 4.97. The highest BCUT2D eigenvalue weighted by atomic mass is 16.5. The largest absolute Gasteiger partial charge is 0.484 e. The molecule has 5 aromatic rings. The predicted octanol–water partition coefficient (Wildman–Crippen LogP) is 9.92. The number of allylic oxidation sites excluding steroid dienone is 10. The molecule has 4 heteroatoms. The van der Waals surface area contributed by atoms with Gasteiger partial charge in [-0.3, -0.25) is 0 Å². The maximum absolute atomic E-state index is 6.68. The Morgan fingerprint density at radius 2 is 1.47 bits per heavy atom. The molecule has 1 aliphatic heterocycles. The lowest BCUT2D eigenvalue weighted by molar-refractivity contribution is 0.272. The van der Waals surface area contributed by atoms with Gasteiger partial charge in [-0.25, -0.2) is 15.0 Å². The quantitative estimate of drug-likeness (QED) is 0.200. The van der Waals surface area contributed by atoms with Gasteiger partial charge in [-0.2, -0.15) is 0 Å². The van der Waals surface area contributed by atoms with Crippen molar-refractivity contribution >= 4 is 21.9 Å². The topological polar surface area (TPSA) is 47.9 Å². The van der Waals surface area contributed by atoms with Gasteiger partial charge in [0.2, 0.25) is 0 Å².